The molecule has 2 aliphatic carbocycles. The number of hydrogen-bond donors (Lipinski definition) is 3. The molecule has 4 amide bonds. The highest BCUT2D eigenvalue weighted by Gasteiger charge is 2.55. The number of aryl methyl sites for hydroxylation is 1. The molecule has 1 unspecified atom stereocenters. The first-order valence-electron chi connectivity index (χ1n) is 9.23. The molecule has 1 atom stereocenters. The number of imide groups is 1. The SMILES string of the molecule is NCC1(NC(=O)CN2C(=O)NC3(CCc4ccccc43)C2=O)CCCC1. The summed E-state index contributed by atoms with van der Waals surface area (Å²) in [5.74, 6) is -0.667. The topological polar surface area (TPSA) is 105 Å². The minimum atomic E-state index is -1.02. The van der Waals surface area contributed by atoms with Gasteiger partial charge in [-0.3, -0.25) is 14.5 Å². The summed E-state index contributed by atoms with van der Waals surface area (Å²) >= 11 is 0. The summed E-state index contributed by atoms with van der Waals surface area (Å²) in [6.45, 7) is 0.104. The van der Waals surface area contributed by atoms with E-state index in [1.807, 2.05) is 24.3 Å². The number of hydrogen-bond acceptors (Lipinski definition) is 4. The van der Waals surface area contributed by atoms with Crippen molar-refractivity contribution in [2.24, 2.45) is 5.73 Å². The van der Waals surface area contributed by atoms with Gasteiger partial charge >= 0.3 is 6.03 Å². The third kappa shape index (κ3) is 2.49. The predicted molar refractivity (Wildman–Crippen MR) is 95.1 cm³/mol. The second-order valence-corrected chi connectivity index (χ2v) is 7.62. The van der Waals surface area contributed by atoms with Gasteiger partial charge in [0, 0.05) is 6.54 Å². The number of benzene rings is 1. The molecule has 4 rings (SSSR count). The molecule has 1 aliphatic heterocycles. The van der Waals surface area contributed by atoms with Crippen LogP contribution in [0.1, 0.15) is 43.2 Å². The molecule has 1 saturated heterocycles. The van der Waals surface area contributed by atoms with Crippen molar-refractivity contribution >= 4 is 17.8 Å². The highest BCUT2D eigenvalue weighted by atomic mass is 16.2. The third-order valence-corrected chi connectivity index (χ3v) is 6.08. The van der Waals surface area contributed by atoms with Crippen molar-refractivity contribution in [3.63, 3.8) is 0 Å². The Morgan fingerprint density at radius 2 is 1.92 bits per heavy atom. The van der Waals surface area contributed by atoms with Crippen molar-refractivity contribution in [1.29, 1.82) is 0 Å². The maximum absolute atomic E-state index is 13.1. The normalized spacial score (nSPS) is 26.3. The van der Waals surface area contributed by atoms with E-state index >= 15 is 0 Å². The summed E-state index contributed by atoms with van der Waals surface area (Å²) in [5, 5.41) is 5.81. The molecule has 1 aromatic carbocycles. The number of nitrogens with zero attached hydrogens (tertiary/aromatic N) is 1. The van der Waals surface area contributed by atoms with Crippen molar-refractivity contribution in [3.8, 4) is 0 Å². The molecule has 1 heterocycles. The molecule has 2 fully saturated rings. The third-order valence-electron chi connectivity index (χ3n) is 6.08. The molecule has 7 nitrogen and oxygen atoms in total. The average molecular weight is 356 g/mol. The number of carbonyl (C=O) groups excluding carboxylic acids is 3. The van der Waals surface area contributed by atoms with Crippen LogP contribution < -0.4 is 16.4 Å². The first-order valence-corrected chi connectivity index (χ1v) is 9.23. The van der Waals surface area contributed by atoms with Gasteiger partial charge < -0.3 is 16.4 Å². The Kier molecular flexibility index (Phi) is 3.99. The Morgan fingerprint density at radius 1 is 1.19 bits per heavy atom. The van der Waals surface area contributed by atoms with E-state index in [4.69, 9.17) is 5.73 Å². The fraction of sp³-hybridized carbons (Fsp3) is 0.526. The number of rotatable bonds is 4. The molecule has 1 spiro atoms. The molecule has 0 bridgehead atoms. The van der Waals surface area contributed by atoms with Crippen LogP contribution in [-0.4, -0.2) is 41.4 Å². The number of nitrogens with one attached hydrogen (secondary N) is 2. The van der Waals surface area contributed by atoms with Crippen LogP contribution in [0.2, 0.25) is 0 Å². The van der Waals surface area contributed by atoms with Crippen LogP contribution in [0, 0.1) is 0 Å². The van der Waals surface area contributed by atoms with Crippen LogP contribution in [0.5, 0.6) is 0 Å². The van der Waals surface area contributed by atoms with Crippen LogP contribution in [0.25, 0.3) is 0 Å². The summed E-state index contributed by atoms with van der Waals surface area (Å²) in [5.41, 5.74) is 6.35. The van der Waals surface area contributed by atoms with Gasteiger partial charge in [0.2, 0.25) is 5.91 Å². The maximum atomic E-state index is 13.1. The Bertz CT molecular complexity index is 772. The fourth-order valence-electron chi connectivity index (χ4n) is 4.64. The molecular formula is C19H24N4O3. The van der Waals surface area contributed by atoms with Crippen LogP contribution in [0.15, 0.2) is 24.3 Å². The molecule has 4 N–H and O–H groups in total. The van der Waals surface area contributed by atoms with E-state index in [9.17, 15) is 14.4 Å². The zero-order valence-electron chi connectivity index (χ0n) is 14.7. The number of urea groups is 1. The van der Waals surface area contributed by atoms with Crippen LogP contribution in [-0.2, 0) is 21.5 Å². The summed E-state index contributed by atoms with van der Waals surface area (Å²) in [6.07, 6.45) is 5.00. The van der Waals surface area contributed by atoms with E-state index in [-0.39, 0.29) is 18.4 Å². The fourth-order valence-corrected chi connectivity index (χ4v) is 4.64. The average Bonchev–Trinajstić information content (AvgIpc) is 3.31. The van der Waals surface area contributed by atoms with Gasteiger partial charge in [-0.2, -0.15) is 0 Å². The van der Waals surface area contributed by atoms with Crippen LogP contribution in [0.4, 0.5) is 4.79 Å². The lowest BCUT2D eigenvalue weighted by molar-refractivity contribution is -0.135. The Labute approximate surface area is 152 Å². The van der Waals surface area contributed by atoms with E-state index in [0.29, 0.717) is 13.0 Å². The molecule has 0 radical (unpaired) electrons. The largest absolute Gasteiger partial charge is 0.348 e. The van der Waals surface area contributed by atoms with E-state index in [0.717, 1.165) is 48.1 Å². The lowest BCUT2D eigenvalue weighted by Crippen LogP contribution is -2.54. The molecular weight excluding hydrogens is 332 g/mol. The van der Waals surface area contributed by atoms with E-state index < -0.39 is 17.1 Å². The van der Waals surface area contributed by atoms with Crippen molar-refractivity contribution < 1.29 is 14.4 Å². The Hall–Kier alpha value is -2.41. The predicted octanol–water partition coefficient (Wildman–Crippen LogP) is 0.768. The van der Waals surface area contributed by atoms with Crippen molar-refractivity contribution in [2.45, 2.75) is 49.6 Å². The molecule has 7 heteroatoms. The Balaban J connectivity index is 1.51. The summed E-state index contributed by atoms with van der Waals surface area (Å²) in [7, 11) is 0. The molecule has 0 aromatic heterocycles. The summed E-state index contributed by atoms with van der Waals surface area (Å²) in [6, 6.07) is 7.15. The zero-order chi connectivity index (χ0) is 18.4. The van der Waals surface area contributed by atoms with Gasteiger partial charge in [0.05, 0.1) is 5.54 Å². The quantitative estimate of drug-likeness (QED) is 0.693. The molecule has 3 aliphatic rings. The number of amides is 4. The van der Waals surface area contributed by atoms with Gasteiger partial charge in [0.1, 0.15) is 12.1 Å². The zero-order valence-corrected chi connectivity index (χ0v) is 14.7. The summed E-state index contributed by atoms with van der Waals surface area (Å²) in [4.78, 5) is 39.1. The molecule has 138 valence electrons. The molecule has 26 heavy (non-hydrogen) atoms. The first-order chi connectivity index (χ1) is 12.5. The lowest BCUT2D eigenvalue weighted by Gasteiger charge is -2.29. The van der Waals surface area contributed by atoms with Crippen molar-refractivity contribution in [1.82, 2.24) is 15.5 Å². The highest BCUT2D eigenvalue weighted by molar-refractivity contribution is 6.10. The minimum Gasteiger partial charge on any atom is -0.348 e. The highest BCUT2D eigenvalue weighted by Crippen LogP contribution is 2.41. The van der Waals surface area contributed by atoms with Crippen molar-refractivity contribution in [2.75, 3.05) is 13.1 Å². The number of nitrogens with two attached hydrogens (primary N) is 1. The second-order valence-electron chi connectivity index (χ2n) is 7.62. The smallest absolute Gasteiger partial charge is 0.325 e. The molecule has 1 saturated carbocycles. The monoisotopic (exact) mass is 356 g/mol. The van der Waals surface area contributed by atoms with Crippen LogP contribution >= 0.6 is 0 Å². The van der Waals surface area contributed by atoms with E-state index in [1.54, 1.807) is 0 Å². The minimum absolute atomic E-state index is 0.268. The number of fused-ring (bicyclic) bond motifs is 2. The number of carbonyl (C=O) groups is 3. The lowest BCUT2D eigenvalue weighted by atomic mass is 9.92. The van der Waals surface area contributed by atoms with Gasteiger partial charge in [-0.15, -0.1) is 0 Å². The maximum Gasteiger partial charge on any atom is 0.325 e. The molecule has 1 aromatic rings. The van der Waals surface area contributed by atoms with Gasteiger partial charge in [-0.05, 0) is 36.8 Å². The van der Waals surface area contributed by atoms with Crippen LogP contribution in [0.3, 0.4) is 0 Å². The van der Waals surface area contributed by atoms with Gasteiger partial charge in [0.25, 0.3) is 5.91 Å². The van der Waals surface area contributed by atoms with Gasteiger partial charge in [-0.25, -0.2) is 4.79 Å². The second kappa shape index (κ2) is 6.09. The van der Waals surface area contributed by atoms with E-state index in [1.165, 1.54) is 0 Å². The first kappa shape index (κ1) is 17.0. The van der Waals surface area contributed by atoms with E-state index in [2.05, 4.69) is 10.6 Å². The Morgan fingerprint density at radius 3 is 2.65 bits per heavy atom. The standard InChI is InChI=1S/C19H24N4O3/c20-12-18(8-3-4-9-18)21-15(24)11-23-16(25)19(22-17(23)26)10-7-13-5-1-2-6-14(13)19/h1-2,5-6H,3-4,7-12,20H2,(H,21,24)(H,22,26). The van der Waals surface area contributed by atoms with Gasteiger partial charge in [-0.1, -0.05) is 37.1 Å². The van der Waals surface area contributed by atoms with Crippen molar-refractivity contribution in [3.05, 3.63) is 35.4 Å². The van der Waals surface area contributed by atoms with Gasteiger partial charge in [0.15, 0.2) is 0 Å². The summed E-state index contributed by atoms with van der Waals surface area (Å²) < 4.78 is 0.